The van der Waals surface area contributed by atoms with Gasteiger partial charge in [-0.15, -0.1) is 0 Å². The molecule has 1 heterocycles. The van der Waals surface area contributed by atoms with Gasteiger partial charge in [0.15, 0.2) is 11.5 Å². The van der Waals surface area contributed by atoms with E-state index in [1.54, 1.807) is 18.2 Å². The van der Waals surface area contributed by atoms with Crippen molar-refractivity contribution < 1.29 is 19.4 Å². The SMILES string of the molecule is O=C(O)C=Cc1ccc2c(c1)OC(c1ccccc1)(c1ccccc1)O2. The molecule has 0 amide bonds. The summed E-state index contributed by atoms with van der Waals surface area (Å²) in [4.78, 5) is 10.7. The molecule has 4 heteroatoms. The number of benzene rings is 3. The Morgan fingerprint density at radius 1 is 0.808 bits per heavy atom. The lowest BCUT2D eigenvalue weighted by molar-refractivity contribution is -0.131. The van der Waals surface area contributed by atoms with Crippen LogP contribution in [0.1, 0.15) is 16.7 Å². The number of hydrogen-bond acceptors (Lipinski definition) is 3. The molecule has 0 aromatic heterocycles. The average molecular weight is 344 g/mol. The number of fused-ring (bicyclic) bond motifs is 1. The van der Waals surface area contributed by atoms with E-state index >= 15 is 0 Å². The van der Waals surface area contributed by atoms with Gasteiger partial charge in [-0.2, -0.15) is 0 Å². The molecule has 0 radical (unpaired) electrons. The molecule has 1 N–H and O–H groups in total. The van der Waals surface area contributed by atoms with Gasteiger partial charge in [-0.25, -0.2) is 4.79 Å². The number of hydrogen-bond donors (Lipinski definition) is 1. The molecule has 3 aromatic rings. The summed E-state index contributed by atoms with van der Waals surface area (Å²) in [5, 5.41) is 8.81. The lowest BCUT2D eigenvalue weighted by Crippen LogP contribution is -2.36. The first-order valence-corrected chi connectivity index (χ1v) is 8.21. The third-order valence-corrected chi connectivity index (χ3v) is 4.20. The first-order chi connectivity index (χ1) is 12.7. The van der Waals surface area contributed by atoms with Gasteiger partial charge >= 0.3 is 11.8 Å². The zero-order valence-electron chi connectivity index (χ0n) is 13.8. The van der Waals surface area contributed by atoms with Gasteiger partial charge in [0.2, 0.25) is 0 Å². The summed E-state index contributed by atoms with van der Waals surface area (Å²) < 4.78 is 12.6. The highest BCUT2D eigenvalue weighted by molar-refractivity contribution is 5.85. The standard InChI is InChI=1S/C22H16O4/c23-21(24)14-12-16-11-13-19-20(15-16)26-22(25-19,17-7-3-1-4-8-17)18-9-5-2-6-10-18/h1-15H,(H,23,24). The van der Waals surface area contributed by atoms with Crippen LogP contribution in [0.2, 0.25) is 0 Å². The number of ether oxygens (including phenoxy) is 2. The Balaban J connectivity index is 1.79. The normalized spacial score (nSPS) is 14.5. The van der Waals surface area contributed by atoms with Gasteiger partial charge in [0, 0.05) is 17.2 Å². The van der Waals surface area contributed by atoms with E-state index < -0.39 is 11.8 Å². The minimum absolute atomic E-state index is 0.574. The molecule has 0 saturated heterocycles. The number of rotatable bonds is 4. The fourth-order valence-electron chi connectivity index (χ4n) is 3.01. The third-order valence-electron chi connectivity index (χ3n) is 4.20. The highest BCUT2D eigenvalue weighted by Crippen LogP contribution is 2.47. The van der Waals surface area contributed by atoms with Crippen molar-refractivity contribution in [3.8, 4) is 11.5 Å². The highest BCUT2D eigenvalue weighted by atomic mass is 16.7. The van der Waals surface area contributed by atoms with E-state index in [-0.39, 0.29) is 0 Å². The van der Waals surface area contributed by atoms with Crippen LogP contribution in [0.3, 0.4) is 0 Å². The molecular formula is C22H16O4. The number of carboxylic acid groups (broad SMARTS) is 1. The van der Waals surface area contributed by atoms with Crippen molar-refractivity contribution in [2.75, 3.05) is 0 Å². The van der Waals surface area contributed by atoms with Crippen molar-refractivity contribution in [3.05, 3.63) is 102 Å². The molecule has 128 valence electrons. The summed E-state index contributed by atoms with van der Waals surface area (Å²) >= 11 is 0. The maximum atomic E-state index is 10.7. The lowest BCUT2D eigenvalue weighted by Gasteiger charge is -2.28. The Hall–Kier alpha value is -3.53. The molecule has 0 spiro atoms. The largest absolute Gasteiger partial charge is 0.478 e. The molecule has 0 saturated carbocycles. The molecule has 4 rings (SSSR count). The Morgan fingerprint density at radius 3 is 1.96 bits per heavy atom. The molecule has 4 nitrogen and oxygen atoms in total. The van der Waals surface area contributed by atoms with Crippen molar-refractivity contribution in [2.24, 2.45) is 0 Å². The predicted molar refractivity (Wildman–Crippen MR) is 98.0 cm³/mol. The van der Waals surface area contributed by atoms with Gasteiger partial charge in [0.1, 0.15) is 0 Å². The molecule has 1 aliphatic rings. The van der Waals surface area contributed by atoms with Crippen LogP contribution < -0.4 is 9.47 Å². The molecule has 0 bridgehead atoms. The molecule has 0 aliphatic carbocycles. The van der Waals surface area contributed by atoms with Crippen LogP contribution in [-0.4, -0.2) is 11.1 Å². The van der Waals surface area contributed by atoms with Crippen molar-refractivity contribution in [1.82, 2.24) is 0 Å². The quantitative estimate of drug-likeness (QED) is 0.710. The van der Waals surface area contributed by atoms with Gasteiger partial charge in [-0.05, 0) is 23.8 Å². The number of carbonyl (C=O) groups is 1. The molecule has 26 heavy (non-hydrogen) atoms. The summed E-state index contributed by atoms with van der Waals surface area (Å²) in [5.74, 6) is -0.874. The maximum absolute atomic E-state index is 10.7. The summed E-state index contributed by atoms with van der Waals surface area (Å²) in [7, 11) is 0. The van der Waals surface area contributed by atoms with Crippen LogP contribution in [0, 0.1) is 0 Å². The minimum Gasteiger partial charge on any atom is -0.478 e. The third kappa shape index (κ3) is 2.82. The molecule has 0 atom stereocenters. The predicted octanol–water partition coefficient (Wildman–Crippen LogP) is 4.46. The van der Waals surface area contributed by atoms with Crippen LogP contribution in [0.5, 0.6) is 11.5 Å². The maximum Gasteiger partial charge on any atom is 0.328 e. The van der Waals surface area contributed by atoms with Crippen molar-refractivity contribution in [3.63, 3.8) is 0 Å². The van der Waals surface area contributed by atoms with Crippen LogP contribution in [0.25, 0.3) is 6.08 Å². The topological polar surface area (TPSA) is 55.8 Å². The average Bonchev–Trinajstić information content (AvgIpc) is 3.08. The van der Waals surface area contributed by atoms with Crippen molar-refractivity contribution in [2.45, 2.75) is 5.79 Å². The first kappa shape index (κ1) is 16.0. The Morgan fingerprint density at radius 2 is 1.38 bits per heavy atom. The van der Waals surface area contributed by atoms with E-state index in [4.69, 9.17) is 14.6 Å². The van der Waals surface area contributed by atoms with Crippen LogP contribution in [0.15, 0.2) is 84.9 Å². The molecule has 0 fully saturated rings. The van der Waals surface area contributed by atoms with Gasteiger partial charge in [-0.3, -0.25) is 0 Å². The van der Waals surface area contributed by atoms with Crippen LogP contribution in [0.4, 0.5) is 0 Å². The minimum atomic E-state index is -1.07. The van der Waals surface area contributed by atoms with Gasteiger partial charge in [-0.1, -0.05) is 66.7 Å². The van der Waals surface area contributed by atoms with Crippen LogP contribution in [-0.2, 0) is 10.6 Å². The highest BCUT2D eigenvalue weighted by Gasteiger charge is 2.45. The Labute approximate surface area is 150 Å². The number of carboxylic acids is 1. The zero-order valence-corrected chi connectivity index (χ0v) is 13.8. The second-order valence-corrected chi connectivity index (χ2v) is 5.93. The fourth-order valence-corrected chi connectivity index (χ4v) is 3.01. The molecule has 0 unspecified atom stereocenters. The Bertz CT molecular complexity index is 922. The summed E-state index contributed by atoms with van der Waals surface area (Å²) in [6.45, 7) is 0. The van der Waals surface area contributed by atoms with Crippen molar-refractivity contribution >= 4 is 12.0 Å². The summed E-state index contributed by atoms with van der Waals surface area (Å²) in [6.07, 6.45) is 2.62. The van der Waals surface area contributed by atoms with Gasteiger partial charge in [0.05, 0.1) is 0 Å². The van der Waals surface area contributed by atoms with E-state index in [2.05, 4.69) is 0 Å². The monoisotopic (exact) mass is 344 g/mol. The van der Waals surface area contributed by atoms with E-state index in [9.17, 15) is 4.79 Å². The lowest BCUT2D eigenvalue weighted by atomic mass is 9.97. The first-order valence-electron chi connectivity index (χ1n) is 8.21. The van der Waals surface area contributed by atoms with E-state index in [1.807, 2.05) is 60.7 Å². The van der Waals surface area contributed by atoms with E-state index in [0.717, 1.165) is 22.8 Å². The molecule has 3 aromatic carbocycles. The van der Waals surface area contributed by atoms with Gasteiger partial charge < -0.3 is 14.6 Å². The summed E-state index contributed by atoms with van der Waals surface area (Å²) in [5.41, 5.74) is 2.49. The number of aliphatic carboxylic acids is 1. The fraction of sp³-hybridized carbons (Fsp3) is 0.0455. The second-order valence-electron chi connectivity index (χ2n) is 5.93. The smallest absolute Gasteiger partial charge is 0.328 e. The Kier molecular flexibility index (Phi) is 3.93. The van der Waals surface area contributed by atoms with E-state index in [1.165, 1.54) is 6.08 Å². The van der Waals surface area contributed by atoms with Gasteiger partial charge in [0.25, 0.3) is 0 Å². The molecular weight excluding hydrogens is 328 g/mol. The molecule has 1 aliphatic heterocycles. The second kappa shape index (κ2) is 6.41. The van der Waals surface area contributed by atoms with Crippen LogP contribution >= 0.6 is 0 Å². The van der Waals surface area contributed by atoms with E-state index in [0.29, 0.717) is 11.5 Å². The summed E-state index contributed by atoms with van der Waals surface area (Å²) in [6, 6.07) is 24.9. The van der Waals surface area contributed by atoms with Crippen molar-refractivity contribution in [1.29, 1.82) is 0 Å². The zero-order chi connectivity index (χ0) is 18.0.